The first-order valence-electron chi connectivity index (χ1n) is 7.78. The second-order valence-corrected chi connectivity index (χ2v) is 6.09. The third-order valence-corrected chi connectivity index (χ3v) is 4.51. The fourth-order valence-electron chi connectivity index (χ4n) is 3.75. The molecule has 1 fully saturated rings. The van der Waals surface area contributed by atoms with Crippen molar-refractivity contribution < 1.29 is 13.5 Å². The van der Waals surface area contributed by atoms with E-state index >= 15 is 0 Å². The van der Waals surface area contributed by atoms with Gasteiger partial charge in [0.05, 0.1) is 11.6 Å². The normalized spacial score (nSPS) is 27.6. The van der Waals surface area contributed by atoms with Crippen molar-refractivity contribution in [2.24, 2.45) is 5.92 Å². The number of hydrogen-bond donors (Lipinski definition) is 1. The number of nitrogens with one attached hydrogen (secondary N) is 1. The molecule has 0 aromatic heterocycles. The van der Waals surface area contributed by atoms with Gasteiger partial charge < -0.3 is 10.1 Å². The van der Waals surface area contributed by atoms with Crippen molar-refractivity contribution >= 4 is 0 Å². The molecule has 118 valence electrons. The van der Waals surface area contributed by atoms with Gasteiger partial charge in [0, 0.05) is 12.2 Å². The zero-order valence-electron chi connectivity index (χ0n) is 13.1. The van der Waals surface area contributed by atoms with E-state index in [1.54, 1.807) is 7.05 Å². The molecule has 2 rings (SSSR count). The van der Waals surface area contributed by atoms with Gasteiger partial charge in [-0.05, 0) is 50.9 Å². The molecule has 0 amide bonds. The van der Waals surface area contributed by atoms with Crippen LogP contribution >= 0.6 is 0 Å². The molecule has 1 N–H and O–H groups in total. The van der Waals surface area contributed by atoms with Crippen LogP contribution in [0, 0.1) is 17.6 Å². The van der Waals surface area contributed by atoms with Crippen LogP contribution in [-0.2, 0) is 4.74 Å². The van der Waals surface area contributed by atoms with Crippen molar-refractivity contribution in [3.05, 3.63) is 35.4 Å². The maximum absolute atomic E-state index is 14.2. The lowest BCUT2D eigenvalue weighted by atomic mass is 9.72. The van der Waals surface area contributed by atoms with E-state index in [-0.39, 0.29) is 11.9 Å². The summed E-state index contributed by atoms with van der Waals surface area (Å²) in [6.07, 6.45) is 3.95. The highest BCUT2D eigenvalue weighted by molar-refractivity contribution is 5.26. The Hall–Kier alpha value is -1.00. The van der Waals surface area contributed by atoms with Gasteiger partial charge in [-0.1, -0.05) is 19.8 Å². The molecule has 1 aliphatic carbocycles. The molecular weight excluding hydrogens is 272 g/mol. The van der Waals surface area contributed by atoms with Crippen molar-refractivity contribution in [1.29, 1.82) is 0 Å². The van der Waals surface area contributed by atoms with Crippen LogP contribution in [0.1, 0.15) is 51.1 Å². The van der Waals surface area contributed by atoms with Gasteiger partial charge >= 0.3 is 0 Å². The molecule has 0 radical (unpaired) electrons. The van der Waals surface area contributed by atoms with Gasteiger partial charge in [0.1, 0.15) is 11.6 Å². The van der Waals surface area contributed by atoms with Crippen LogP contribution in [0.3, 0.4) is 0 Å². The number of likely N-dealkylation sites (N-methyl/N-ethyl adjacent to an activating group) is 1. The second kappa shape index (κ2) is 6.84. The van der Waals surface area contributed by atoms with Crippen LogP contribution in [0.5, 0.6) is 0 Å². The topological polar surface area (TPSA) is 21.3 Å². The summed E-state index contributed by atoms with van der Waals surface area (Å²) in [5, 5.41) is 3.17. The second-order valence-electron chi connectivity index (χ2n) is 6.09. The number of halogens is 2. The van der Waals surface area contributed by atoms with E-state index in [4.69, 9.17) is 4.74 Å². The molecule has 1 aromatic carbocycles. The summed E-state index contributed by atoms with van der Waals surface area (Å²) in [6.45, 7) is 4.72. The first-order valence-corrected chi connectivity index (χ1v) is 7.78. The standard InChI is InChI=1S/C17H25F2NO/c1-4-21-17(9-5-6-12(2)11-17)16(20-3)14-10-13(18)7-8-15(14)19/h7-8,10,12,16,20H,4-6,9,11H2,1-3H3. The number of rotatable bonds is 5. The van der Waals surface area contributed by atoms with E-state index in [2.05, 4.69) is 12.2 Å². The molecule has 1 saturated carbocycles. The van der Waals surface area contributed by atoms with Gasteiger partial charge in [-0.2, -0.15) is 0 Å². The van der Waals surface area contributed by atoms with Crippen LogP contribution in [-0.4, -0.2) is 19.3 Å². The molecule has 1 aromatic rings. The van der Waals surface area contributed by atoms with E-state index in [0.717, 1.165) is 31.7 Å². The summed E-state index contributed by atoms with van der Waals surface area (Å²) in [5.74, 6) is -0.270. The summed E-state index contributed by atoms with van der Waals surface area (Å²) >= 11 is 0. The highest BCUT2D eigenvalue weighted by Gasteiger charge is 2.43. The third kappa shape index (κ3) is 3.43. The predicted octanol–water partition coefficient (Wildman–Crippen LogP) is 4.21. The lowest BCUT2D eigenvalue weighted by Crippen LogP contribution is -2.48. The van der Waals surface area contributed by atoms with Crippen LogP contribution in [0.15, 0.2) is 18.2 Å². The van der Waals surface area contributed by atoms with Crippen molar-refractivity contribution in [3.63, 3.8) is 0 Å². The number of hydrogen-bond acceptors (Lipinski definition) is 2. The third-order valence-electron chi connectivity index (χ3n) is 4.51. The maximum atomic E-state index is 14.2. The Balaban J connectivity index is 2.42. The summed E-state index contributed by atoms with van der Waals surface area (Å²) in [7, 11) is 1.79. The zero-order valence-corrected chi connectivity index (χ0v) is 13.1. The van der Waals surface area contributed by atoms with Gasteiger partial charge in [-0.3, -0.25) is 0 Å². The van der Waals surface area contributed by atoms with Crippen LogP contribution < -0.4 is 5.32 Å². The van der Waals surface area contributed by atoms with Crippen molar-refractivity contribution in [2.75, 3.05) is 13.7 Å². The van der Waals surface area contributed by atoms with Crippen LogP contribution in [0.2, 0.25) is 0 Å². The Morgan fingerprint density at radius 1 is 1.43 bits per heavy atom. The van der Waals surface area contributed by atoms with E-state index in [0.29, 0.717) is 18.1 Å². The van der Waals surface area contributed by atoms with Crippen LogP contribution in [0.4, 0.5) is 8.78 Å². The lowest BCUT2D eigenvalue weighted by molar-refractivity contribution is -0.101. The largest absolute Gasteiger partial charge is 0.373 e. The fraction of sp³-hybridized carbons (Fsp3) is 0.647. The van der Waals surface area contributed by atoms with E-state index in [1.165, 1.54) is 12.1 Å². The number of ether oxygens (including phenoxy) is 1. The molecule has 2 nitrogen and oxygen atoms in total. The molecule has 0 bridgehead atoms. The zero-order chi connectivity index (χ0) is 15.5. The SMILES string of the molecule is CCOC1(C(NC)c2cc(F)ccc2F)CCCC(C)C1. The predicted molar refractivity (Wildman–Crippen MR) is 80.1 cm³/mol. The first kappa shape index (κ1) is 16.4. The molecular formula is C17H25F2NO. The van der Waals surface area contributed by atoms with Crippen molar-refractivity contribution in [3.8, 4) is 0 Å². The van der Waals surface area contributed by atoms with Gasteiger partial charge in [0.15, 0.2) is 0 Å². The molecule has 4 heteroatoms. The molecule has 21 heavy (non-hydrogen) atoms. The summed E-state index contributed by atoms with van der Waals surface area (Å²) in [5.41, 5.74) is -0.101. The van der Waals surface area contributed by atoms with E-state index < -0.39 is 11.4 Å². The average molecular weight is 297 g/mol. The quantitative estimate of drug-likeness (QED) is 0.879. The molecule has 0 heterocycles. The van der Waals surface area contributed by atoms with Crippen LogP contribution in [0.25, 0.3) is 0 Å². The summed E-state index contributed by atoms with van der Waals surface area (Å²) in [4.78, 5) is 0. The van der Waals surface area contributed by atoms with Gasteiger partial charge in [0.2, 0.25) is 0 Å². The Labute approximate surface area is 125 Å². The Morgan fingerprint density at radius 3 is 2.81 bits per heavy atom. The number of benzene rings is 1. The fourth-order valence-corrected chi connectivity index (χ4v) is 3.75. The van der Waals surface area contributed by atoms with Crippen molar-refractivity contribution in [2.45, 2.75) is 51.2 Å². The Kier molecular flexibility index (Phi) is 5.33. The molecule has 0 spiro atoms. The van der Waals surface area contributed by atoms with E-state index in [9.17, 15) is 8.78 Å². The van der Waals surface area contributed by atoms with Gasteiger partial charge in [0.25, 0.3) is 0 Å². The molecule has 1 aliphatic rings. The van der Waals surface area contributed by atoms with Gasteiger partial charge in [-0.25, -0.2) is 8.78 Å². The first-order chi connectivity index (χ1) is 10.0. The molecule has 3 atom stereocenters. The Morgan fingerprint density at radius 2 is 2.19 bits per heavy atom. The lowest BCUT2D eigenvalue weighted by Gasteiger charge is -2.45. The minimum atomic E-state index is -0.462. The highest BCUT2D eigenvalue weighted by atomic mass is 19.1. The molecule has 0 aliphatic heterocycles. The minimum Gasteiger partial charge on any atom is -0.373 e. The van der Waals surface area contributed by atoms with Crippen molar-refractivity contribution in [1.82, 2.24) is 5.32 Å². The minimum absolute atomic E-state index is 0.337. The van der Waals surface area contributed by atoms with E-state index in [1.807, 2.05) is 6.92 Å². The maximum Gasteiger partial charge on any atom is 0.128 e. The average Bonchev–Trinajstić information content (AvgIpc) is 2.43. The highest BCUT2D eigenvalue weighted by Crippen LogP contribution is 2.44. The smallest absolute Gasteiger partial charge is 0.128 e. The molecule has 0 saturated heterocycles. The monoisotopic (exact) mass is 297 g/mol. The molecule has 3 unspecified atom stereocenters. The summed E-state index contributed by atoms with van der Waals surface area (Å²) < 4.78 is 33.9. The summed E-state index contributed by atoms with van der Waals surface area (Å²) in [6, 6.07) is 3.30. The van der Waals surface area contributed by atoms with Gasteiger partial charge in [-0.15, -0.1) is 0 Å². The Bertz CT molecular complexity index is 476.